The third kappa shape index (κ3) is 5.88. The van der Waals surface area contributed by atoms with Crippen molar-refractivity contribution in [1.29, 1.82) is 0 Å². The molecule has 208 valence electrons. The molecule has 2 aliphatic rings. The van der Waals surface area contributed by atoms with Crippen LogP contribution in [0.4, 0.5) is 23.2 Å². The summed E-state index contributed by atoms with van der Waals surface area (Å²) < 4.78 is 82.4. The van der Waals surface area contributed by atoms with E-state index in [9.17, 15) is 41.0 Å². The second-order valence-corrected chi connectivity index (χ2v) is 13.0. The Morgan fingerprint density at radius 1 is 1.05 bits per heavy atom. The number of ketones is 1. The summed E-state index contributed by atoms with van der Waals surface area (Å²) in [6.07, 6.45) is -2.55. The number of rotatable bonds is 7. The summed E-state index contributed by atoms with van der Waals surface area (Å²) in [4.78, 5) is 13.0. The van der Waals surface area contributed by atoms with Crippen molar-refractivity contribution in [2.45, 2.75) is 79.2 Å². The maximum absolute atomic E-state index is 13.7. The predicted octanol–water partition coefficient (Wildman–Crippen LogP) is 5.17. The molecule has 1 fully saturated rings. The molecule has 0 amide bonds. The topological polar surface area (TPSA) is 94.9 Å². The molecule has 2 aromatic rings. The van der Waals surface area contributed by atoms with Crippen LogP contribution in [0.25, 0.3) is 0 Å². The number of carbonyl (C=O) groups excluding carboxylic acids is 1. The average Bonchev–Trinajstić information content (AvgIpc) is 2.84. The van der Waals surface area contributed by atoms with E-state index in [2.05, 4.69) is 0 Å². The molecule has 0 aromatic heterocycles. The van der Waals surface area contributed by atoms with Gasteiger partial charge in [0, 0.05) is 23.5 Å². The average molecular weight is 576 g/mol. The summed E-state index contributed by atoms with van der Waals surface area (Å²) in [5.74, 6) is -0.581. The van der Waals surface area contributed by atoms with E-state index < -0.39 is 39.2 Å². The van der Waals surface area contributed by atoms with Gasteiger partial charge in [0.1, 0.15) is 11.6 Å². The van der Waals surface area contributed by atoms with Crippen LogP contribution in [-0.2, 0) is 20.4 Å². The fraction of sp³-hybridized carbons (Fsp3) is 0.500. The number of hydrogen-bond donors (Lipinski definition) is 2. The fourth-order valence-corrected chi connectivity index (χ4v) is 7.92. The molecule has 1 heterocycles. The second-order valence-electron chi connectivity index (χ2n) is 10.1. The number of anilines is 1. The van der Waals surface area contributed by atoms with Gasteiger partial charge in [-0.1, -0.05) is 6.07 Å². The normalized spacial score (nSPS) is 24.0. The van der Waals surface area contributed by atoms with Crippen molar-refractivity contribution in [2.24, 2.45) is 5.92 Å². The first-order valence-electron chi connectivity index (χ1n) is 12.3. The zero-order valence-corrected chi connectivity index (χ0v) is 22.3. The Morgan fingerprint density at radius 3 is 2.29 bits per heavy atom. The zero-order valence-electron chi connectivity index (χ0n) is 20.6. The summed E-state index contributed by atoms with van der Waals surface area (Å²) >= 11 is 1.11. The maximum atomic E-state index is 13.7. The van der Waals surface area contributed by atoms with Gasteiger partial charge in [0.15, 0.2) is 5.60 Å². The minimum absolute atomic E-state index is 0.0888. The molecule has 0 saturated heterocycles. The van der Waals surface area contributed by atoms with E-state index in [0.717, 1.165) is 52.5 Å². The van der Waals surface area contributed by atoms with Crippen LogP contribution < -0.4 is 4.31 Å². The van der Waals surface area contributed by atoms with Gasteiger partial charge in [-0.2, -0.15) is 13.2 Å². The number of alkyl halides is 3. The van der Waals surface area contributed by atoms with Crippen molar-refractivity contribution < 1.29 is 41.0 Å². The number of fused-ring (bicyclic) bond motifs is 1. The fourth-order valence-electron chi connectivity index (χ4n) is 4.93. The molecule has 6 nitrogen and oxygen atoms in total. The van der Waals surface area contributed by atoms with Gasteiger partial charge in [-0.25, -0.2) is 12.8 Å². The lowest BCUT2D eigenvalue weighted by Gasteiger charge is -2.38. The van der Waals surface area contributed by atoms with Crippen LogP contribution in [0.1, 0.15) is 51.0 Å². The number of halogens is 4. The van der Waals surface area contributed by atoms with Crippen LogP contribution in [0.15, 0.2) is 52.3 Å². The van der Waals surface area contributed by atoms with Crippen molar-refractivity contribution in [1.82, 2.24) is 0 Å². The maximum Gasteiger partial charge on any atom is 0.421 e. The molecule has 0 spiro atoms. The van der Waals surface area contributed by atoms with E-state index in [0.29, 0.717) is 32.6 Å². The van der Waals surface area contributed by atoms with E-state index in [1.54, 1.807) is 0 Å². The van der Waals surface area contributed by atoms with E-state index in [1.807, 2.05) is 0 Å². The molecule has 2 aromatic carbocycles. The highest BCUT2D eigenvalue weighted by atomic mass is 32.2. The molecule has 1 aliphatic heterocycles. The van der Waals surface area contributed by atoms with E-state index in [-0.39, 0.29) is 51.9 Å². The van der Waals surface area contributed by atoms with Gasteiger partial charge in [-0.05, 0) is 80.5 Å². The number of thioether (sulfide) groups is 1. The number of aliphatic hydroxyl groups is 2. The Balaban J connectivity index is 1.68. The first-order valence-corrected chi connectivity index (χ1v) is 14.7. The van der Waals surface area contributed by atoms with Crippen molar-refractivity contribution in [3.05, 3.63) is 53.8 Å². The Hall–Kier alpha value is -2.15. The molecule has 0 radical (unpaired) electrons. The molecule has 38 heavy (non-hydrogen) atoms. The number of Topliss-reactive ketones (excluding diaryl/α,β-unsaturated/α-hetero) is 1. The quantitative estimate of drug-likeness (QED) is 0.443. The highest BCUT2D eigenvalue weighted by Gasteiger charge is 2.51. The summed E-state index contributed by atoms with van der Waals surface area (Å²) in [6.45, 7) is 0.626. The first kappa shape index (κ1) is 28.8. The van der Waals surface area contributed by atoms with Gasteiger partial charge in [-0.15, -0.1) is 11.8 Å². The zero-order chi connectivity index (χ0) is 27.9. The number of benzene rings is 2. The summed E-state index contributed by atoms with van der Waals surface area (Å²) in [5, 5.41) is 19.9. The van der Waals surface area contributed by atoms with Crippen molar-refractivity contribution >= 4 is 33.3 Å². The van der Waals surface area contributed by atoms with Gasteiger partial charge in [0.25, 0.3) is 10.0 Å². The summed E-state index contributed by atoms with van der Waals surface area (Å²) in [7, 11) is -4.32. The van der Waals surface area contributed by atoms with Crippen LogP contribution in [0.5, 0.6) is 0 Å². The number of nitrogens with zero attached hydrogens (tertiary/aromatic N) is 1. The SMILES string of the molecule is CC(O)(c1ccc2c(c1)SCC(CC(=O)CC1CCC(O)CC1)N2S(=O)(=O)c1ccc(F)cc1)C(F)(F)F. The lowest BCUT2D eigenvalue weighted by Crippen LogP contribution is -2.46. The third-order valence-corrected chi connectivity index (χ3v) is 10.3. The molecule has 1 saturated carbocycles. The molecule has 2 unspecified atom stereocenters. The summed E-state index contributed by atoms with van der Waals surface area (Å²) in [6, 6.07) is 6.71. The van der Waals surface area contributed by atoms with E-state index in [4.69, 9.17) is 0 Å². The number of aliphatic hydroxyl groups excluding tert-OH is 1. The highest BCUT2D eigenvalue weighted by molar-refractivity contribution is 8.00. The number of hydrogen-bond acceptors (Lipinski definition) is 6. The van der Waals surface area contributed by atoms with Crippen molar-refractivity contribution in [3.8, 4) is 0 Å². The molecule has 0 bridgehead atoms. The molecule has 2 N–H and O–H groups in total. The van der Waals surface area contributed by atoms with Crippen LogP contribution in [-0.4, -0.2) is 48.5 Å². The van der Waals surface area contributed by atoms with Crippen LogP contribution in [0.3, 0.4) is 0 Å². The standard InChI is InChI=1S/C26H29F4NO5S2/c1-25(34,26(28,29)30)17-4-11-23-24(13-17)37-15-19(14-21(33)12-16-2-7-20(32)8-3-16)31(23)38(35,36)22-9-5-18(27)6-10-22/h4-6,9-11,13,16,19-20,32,34H,2-3,7-8,12,14-15H2,1H3. The third-order valence-electron chi connectivity index (χ3n) is 7.24. The predicted molar refractivity (Wildman–Crippen MR) is 135 cm³/mol. The number of sulfonamides is 1. The van der Waals surface area contributed by atoms with Gasteiger partial charge in [-0.3, -0.25) is 9.10 Å². The summed E-state index contributed by atoms with van der Waals surface area (Å²) in [5.41, 5.74) is -3.50. The number of carbonyl (C=O) groups is 1. The Kier molecular flexibility index (Phi) is 8.19. The Bertz CT molecular complexity index is 1270. The van der Waals surface area contributed by atoms with Gasteiger partial charge in [0.2, 0.25) is 0 Å². The smallest absolute Gasteiger partial charge is 0.393 e. The molecule has 12 heteroatoms. The Labute approximate surface area is 223 Å². The van der Waals surface area contributed by atoms with Crippen LogP contribution >= 0.6 is 11.8 Å². The van der Waals surface area contributed by atoms with Crippen LogP contribution in [0.2, 0.25) is 0 Å². The first-order chi connectivity index (χ1) is 17.7. The molecular formula is C26H29F4NO5S2. The second kappa shape index (κ2) is 10.8. The van der Waals surface area contributed by atoms with E-state index >= 15 is 0 Å². The lowest BCUT2D eigenvalue weighted by atomic mass is 9.83. The van der Waals surface area contributed by atoms with Crippen molar-refractivity contribution in [3.63, 3.8) is 0 Å². The van der Waals surface area contributed by atoms with Crippen LogP contribution in [0, 0.1) is 11.7 Å². The monoisotopic (exact) mass is 575 g/mol. The molecule has 2 atom stereocenters. The molecular weight excluding hydrogens is 546 g/mol. The van der Waals surface area contributed by atoms with E-state index in [1.165, 1.54) is 6.07 Å². The lowest BCUT2D eigenvalue weighted by molar-refractivity contribution is -0.258. The van der Waals surface area contributed by atoms with Crippen molar-refractivity contribution in [2.75, 3.05) is 10.1 Å². The van der Waals surface area contributed by atoms with Gasteiger partial charge < -0.3 is 10.2 Å². The minimum atomic E-state index is -4.95. The minimum Gasteiger partial charge on any atom is -0.393 e. The highest BCUT2D eigenvalue weighted by Crippen LogP contribution is 2.46. The Morgan fingerprint density at radius 2 is 1.68 bits per heavy atom. The molecule has 1 aliphatic carbocycles. The largest absolute Gasteiger partial charge is 0.421 e. The van der Waals surface area contributed by atoms with Gasteiger partial charge in [0.05, 0.1) is 22.7 Å². The van der Waals surface area contributed by atoms with Gasteiger partial charge >= 0.3 is 6.18 Å². The molecule has 4 rings (SSSR count).